The summed E-state index contributed by atoms with van der Waals surface area (Å²) in [7, 11) is 0. The molecule has 1 nitrogen and oxygen atoms in total. The minimum Gasteiger partial charge on any atom is -0.330 e. The molecule has 0 aliphatic rings. The van der Waals surface area contributed by atoms with Gasteiger partial charge in [-0.05, 0) is 31.2 Å². The lowest BCUT2D eigenvalue weighted by atomic mass is 10.2. The van der Waals surface area contributed by atoms with Gasteiger partial charge in [-0.3, -0.25) is 0 Å². The van der Waals surface area contributed by atoms with Crippen LogP contribution in [0.5, 0.6) is 0 Å². The van der Waals surface area contributed by atoms with Gasteiger partial charge in [0.25, 0.3) is 0 Å². The minimum absolute atomic E-state index is 0.377. The van der Waals surface area contributed by atoms with Crippen LogP contribution in [-0.4, -0.2) is 6.54 Å². The van der Waals surface area contributed by atoms with Gasteiger partial charge in [-0.25, -0.2) is 4.39 Å². The lowest BCUT2D eigenvalue weighted by Crippen LogP contribution is -1.96. The molecule has 0 bridgehead atoms. The number of rotatable bonds is 2. The summed E-state index contributed by atoms with van der Waals surface area (Å²) in [5, 5.41) is 0.384. The Hall–Kier alpha value is -1.04. The van der Waals surface area contributed by atoms with E-state index in [2.05, 4.69) is 11.8 Å². The van der Waals surface area contributed by atoms with E-state index in [-0.39, 0.29) is 5.82 Å². The molecule has 0 radical (unpaired) electrons. The highest BCUT2D eigenvalue weighted by molar-refractivity contribution is 6.30. The second kappa shape index (κ2) is 5.64. The third kappa shape index (κ3) is 3.37. The summed E-state index contributed by atoms with van der Waals surface area (Å²) < 4.78 is 13.1. The number of nitrogens with two attached hydrogens (primary N) is 1. The maximum atomic E-state index is 13.1. The van der Waals surface area contributed by atoms with Crippen LogP contribution in [0.1, 0.15) is 18.4 Å². The Kier molecular flexibility index (Phi) is 4.45. The van der Waals surface area contributed by atoms with Gasteiger partial charge in [0.1, 0.15) is 5.82 Å². The zero-order chi connectivity index (χ0) is 10.4. The first kappa shape index (κ1) is 11.0. The van der Waals surface area contributed by atoms with Crippen molar-refractivity contribution in [3.63, 3.8) is 0 Å². The third-order valence-corrected chi connectivity index (χ3v) is 1.90. The van der Waals surface area contributed by atoms with Crippen molar-refractivity contribution in [3.05, 3.63) is 34.6 Å². The Morgan fingerprint density at radius 1 is 1.43 bits per heavy atom. The molecule has 0 atom stereocenters. The second-order valence-electron chi connectivity index (χ2n) is 2.82. The molecule has 3 heteroatoms. The molecular weight excluding hydrogens is 201 g/mol. The van der Waals surface area contributed by atoms with E-state index in [0.717, 1.165) is 6.42 Å². The van der Waals surface area contributed by atoms with Crippen molar-refractivity contribution in [1.29, 1.82) is 0 Å². The Morgan fingerprint density at radius 3 is 2.86 bits per heavy atom. The van der Waals surface area contributed by atoms with Crippen LogP contribution in [0.4, 0.5) is 4.39 Å². The van der Waals surface area contributed by atoms with Crippen molar-refractivity contribution in [2.24, 2.45) is 5.73 Å². The number of unbranched alkanes of at least 4 members (excludes halogenated alkanes) is 1. The van der Waals surface area contributed by atoms with Crippen LogP contribution in [0.2, 0.25) is 5.02 Å². The highest BCUT2D eigenvalue weighted by atomic mass is 35.5. The maximum absolute atomic E-state index is 13.1. The Morgan fingerprint density at radius 2 is 2.21 bits per heavy atom. The maximum Gasteiger partial charge on any atom is 0.140 e. The van der Waals surface area contributed by atoms with Gasteiger partial charge in [0.2, 0.25) is 0 Å². The molecule has 0 fully saturated rings. The molecule has 1 rings (SSSR count). The van der Waals surface area contributed by atoms with Gasteiger partial charge in [0, 0.05) is 11.4 Å². The molecule has 0 spiro atoms. The standard InChI is InChI=1S/C11H11ClFN/c12-10-6-5-9(11(13)8-10)4-2-1-3-7-14/h5-6,8H,1,3,7,14H2. The number of benzene rings is 1. The third-order valence-electron chi connectivity index (χ3n) is 1.66. The average molecular weight is 212 g/mol. The summed E-state index contributed by atoms with van der Waals surface area (Å²) in [4.78, 5) is 0. The molecule has 0 saturated carbocycles. The monoisotopic (exact) mass is 211 g/mol. The van der Waals surface area contributed by atoms with Crippen molar-refractivity contribution < 1.29 is 4.39 Å². The zero-order valence-electron chi connectivity index (χ0n) is 7.69. The van der Waals surface area contributed by atoms with Crippen LogP contribution < -0.4 is 5.73 Å². The molecule has 74 valence electrons. The van der Waals surface area contributed by atoms with Gasteiger partial charge in [0.15, 0.2) is 0 Å². The predicted octanol–water partition coefficient (Wildman–Crippen LogP) is 2.57. The summed E-state index contributed by atoms with van der Waals surface area (Å²) in [5.74, 6) is 5.21. The Labute approximate surface area is 88.1 Å². The van der Waals surface area contributed by atoms with E-state index >= 15 is 0 Å². The molecule has 0 amide bonds. The fourth-order valence-corrected chi connectivity index (χ4v) is 1.10. The van der Waals surface area contributed by atoms with Crippen LogP contribution in [0.3, 0.4) is 0 Å². The molecule has 14 heavy (non-hydrogen) atoms. The Balaban J connectivity index is 2.70. The molecule has 0 aliphatic carbocycles. The smallest absolute Gasteiger partial charge is 0.140 e. The van der Waals surface area contributed by atoms with Crippen molar-refractivity contribution in [3.8, 4) is 11.8 Å². The van der Waals surface area contributed by atoms with Gasteiger partial charge in [-0.2, -0.15) is 0 Å². The molecule has 0 aromatic heterocycles. The molecule has 0 unspecified atom stereocenters. The van der Waals surface area contributed by atoms with E-state index in [1.54, 1.807) is 12.1 Å². The average Bonchev–Trinajstić information content (AvgIpc) is 2.15. The molecule has 2 N–H and O–H groups in total. The van der Waals surface area contributed by atoms with Crippen LogP contribution in [-0.2, 0) is 0 Å². The first-order chi connectivity index (χ1) is 6.74. The van der Waals surface area contributed by atoms with E-state index in [1.165, 1.54) is 6.07 Å². The lowest BCUT2D eigenvalue weighted by Gasteiger charge is -1.94. The van der Waals surface area contributed by atoms with Crippen molar-refractivity contribution in [1.82, 2.24) is 0 Å². The van der Waals surface area contributed by atoms with Crippen molar-refractivity contribution >= 4 is 11.6 Å². The summed E-state index contributed by atoms with van der Waals surface area (Å²) in [6, 6.07) is 4.46. The van der Waals surface area contributed by atoms with Crippen LogP contribution in [0.25, 0.3) is 0 Å². The highest BCUT2D eigenvalue weighted by Crippen LogP contribution is 2.13. The van der Waals surface area contributed by atoms with E-state index in [4.69, 9.17) is 17.3 Å². The molecular formula is C11H11ClFN. The van der Waals surface area contributed by atoms with Gasteiger partial charge in [-0.15, -0.1) is 0 Å². The topological polar surface area (TPSA) is 26.0 Å². The Bertz CT molecular complexity index is 365. The van der Waals surface area contributed by atoms with Crippen LogP contribution >= 0.6 is 11.6 Å². The van der Waals surface area contributed by atoms with E-state index in [1.807, 2.05) is 0 Å². The lowest BCUT2D eigenvalue weighted by molar-refractivity contribution is 0.624. The van der Waals surface area contributed by atoms with Crippen LogP contribution in [0, 0.1) is 17.7 Å². The first-order valence-corrected chi connectivity index (χ1v) is 4.76. The predicted molar refractivity (Wildman–Crippen MR) is 56.6 cm³/mol. The van der Waals surface area contributed by atoms with E-state index in [9.17, 15) is 4.39 Å². The summed E-state index contributed by atoms with van der Waals surface area (Å²) >= 11 is 5.60. The molecule has 1 aromatic rings. The molecule has 0 aliphatic heterocycles. The molecule has 1 aromatic carbocycles. The summed E-state index contributed by atoms with van der Waals surface area (Å²) in [6.07, 6.45) is 1.53. The number of hydrogen-bond acceptors (Lipinski definition) is 1. The SMILES string of the molecule is NCCCC#Cc1ccc(Cl)cc1F. The second-order valence-corrected chi connectivity index (χ2v) is 3.25. The highest BCUT2D eigenvalue weighted by Gasteiger charge is 1.98. The van der Waals surface area contributed by atoms with Crippen molar-refractivity contribution in [2.75, 3.05) is 6.54 Å². The quantitative estimate of drug-likeness (QED) is 0.591. The van der Waals surface area contributed by atoms with Gasteiger partial charge in [0.05, 0.1) is 5.56 Å². The van der Waals surface area contributed by atoms with Crippen molar-refractivity contribution in [2.45, 2.75) is 12.8 Å². The van der Waals surface area contributed by atoms with Crippen LogP contribution in [0.15, 0.2) is 18.2 Å². The molecule has 0 saturated heterocycles. The summed E-state index contributed by atoms with van der Waals surface area (Å²) in [5.41, 5.74) is 5.68. The van der Waals surface area contributed by atoms with Gasteiger partial charge in [-0.1, -0.05) is 23.4 Å². The normalized spacial score (nSPS) is 9.36. The number of hydrogen-bond donors (Lipinski definition) is 1. The zero-order valence-corrected chi connectivity index (χ0v) is 8.44. The van der Waals surface area contributed by atoms with E-state index in [0.29, 0.717) is 23.6 Å². The molecule has 0 heterocycles. The first-order valence-electron chi connectivity index (χ1n) is 4.38. The number of halogens is 2. The summed E-state index contributed by atoms with van der Waals surface area (Å²) in [6.45, 7) is 0.609. The van der Waals surface area contributed by atoms with E-state index < -0.39 is 0 Å². The fraction of sp³-hybridized carbons (Fsp3) is 0.273. The van der Waals surface area contributed by atoms with Gasteiger partial charge < -0.3 is 5.73 Å². The minimum atomic E-state index is -0.377. The largest absolute Gasteiger partial charge is 0.330 e. The fourth-order valence-electron chi connectivity index (χ4n) is 0.939. The van der Waals surface area contributed by atoms with Gasteiger partial charge >= 0.3 is 0 Å².